The summed E-state index contributed by atoms with van der Waals surface area (Å²) in [5, 5.41) is 0. The molecule has 100 valence electrons. The summed E-state index contributed by atoms with van der Waals surface area (Å²) in [5.74, 6) is 4.00. The van der Waals surface area contributed by atoms with Crippen LogP contribution in [0.5, 0.6) is 0 Å². The zero-order valence-electron chi connectivity index (χ0n) is 11.3. The lowest BCUT2D eigenvalue weighted by atomic mass is 9.68. The fraction of sp³-hybridized carbons (Fsp3) is 1.00. The molecule has 0 radical (unpaired) electrons. The topological polar surface area (TPSA) is 0 Å². The third-order valence-electron chi connectivity index (χ3n) is 5.18. The quantitative estimate of drug-likeness (QED) is 0.547. The first-order chi connectivity index (χ1) is 8.42. The first kappa shape index (κ1) is 13.7. The fourth-order valence-corrected chi connectivity index (χ4v) is 4.45. The third-order valence-corrected chi connectivity index (χ3v) is 5.45. The van der Waals surface area contributed by atoms with Crippen molar-refractivity contribution >= 4 is 11.6 Å². The highest BCUT2D eigenvalue weighted by molar-refractivity contribution is 6.17. The van der Waals surface area contributed by atoms with Crippen LogP contribution in [0.3, 0.4) is 0 Å². The fourth-order valence-electron chi connectivity index (χ4n) is 4.29. The van der Waals surface area contributed by atoms with Gasteiger partial charge in [-0.15, -0.1) is 11.6 Å². The molecule has 0 aromatic heterocycles. The Bertz CT molecular complexity index is 172. The van der Waals surface area contributed by atoms with E-state index in [1.807, 2.05) is 0 Å². The number of hydrogen-bond donors (Lipinski definition) is 0. The van der Waals surface area contributed by atoms with E-state index in [2.05, 4.69) is 0 Å². The van der Waals surface area contributed by atoms with Crippen LogP contribution >= 0.6 is 11.6 Å². The minimum absolute atomic E-state index is 0.871. The summed E-state index contributed by atoms with van der Waals surface area (Å²) < 4.78 is 0. The molecule has 2 rings (SSSR count). The molecule has 0 saturated heterocycles. The number of rotatable bonds is 5. The zero-order valence-corrected chi connectivity index (χ0v) is 12.1. The van der Waals surface area contributed by atoms with Crippen LogP contribution in [0.1, 0.15) is 77.0 Å². The van der Waals surface area contributed by atoms with Gasteiger partial charge in [0.05, 0.1) is 0 Å². The Morgan fingerprint density at radius 3 is 1.65 bits per heavy atom. The maximum absolute atomic E-state index is 5.92. The van der Waals surface area contributed by atoms with Crippen LogP contribution in [0.2, 0.25) is 0 Å². The standard InChI is InChI=1S/C16H29Cl/c17-13-7-12-16(14-8-3-1-4-9-14)15-10-5-2-6-11-15/h14-16H,1-13H2. The summed E-state index contributed by atoms with van der Waals surface area (Å²) in [7, 11) is 0. The molecule has 0 atom stereocenters. The molecule has 0 bridgehead atoms. The average Bonchev–Trinajstić information content (AvgIpc) is 2.42. The Balaban J connectivity index is 1.90. The van der Waals surface area contributed by atoms with E-state index >= 15 is 0 Å². The van der Waals surface area contributed by atoms with Crippen molar-refractivity contribution in [3.05, 3.63) is 0 Å². The summed E-state index contributed by atoms with van der Waals surface area (Å²) in [5.41, 5.74) is 0. The predicted octanol–water partition coefficient (Wildman–Crippen LogP) is 5.78. The molecule has 0 aromatic rings. The minimum atomic E-state index is 0.871. The molecule has 0 spiro atoms. The van der Waals surface area contributed by atoms with Crippen molar-refractivity contribution < 1.29 is 0 Å². The molecule has 2 aliphatic rings. The molecule has 2 saturated carbocycles. The van der Waals surface area contributed by atoms with E-state index in [9.17, 15) is 0 Å². The van der Waals surface area contributed by atoms with Gasteiger partial charge >= 0.3 is 0 Å². The van der Waals surface area contributed by atoms with Crippen molar-refractivity contribution in [2.24, 2.45) is 17.8 Å². The molecule has 1 heteroatoms. The summed E-state index contributed by atoms with van der Waals surface area (Å²) in [6, 6.07) is 0. The summed E-state index contributed by atoms with van der Waals surface area (Å²) >= 11 is 5.92. The van der Waals surface area contributed by atoms with E-state index < -0.39 is 0 Å². The summed E-state index contributed by atoms with van der Waals surface area (Å²) in [4.78, 5) is 0. The van der Waals surface area contributed by atoms with Gasteiger partial charge in [0.2, 0.25) is 0 Å². The van der Waals surface area contributed by atoms with Crippen LogP contribution in [-0.4, -0.2) is 5.88 Å². The van der Waals surface area contributed by atoms with E-state index in [1.165, 1.54) is 77.0 Å². The first-order valence-electron chi connectivity index (χ1n) is 7.98. The lowest BCUT2D eigenvalue weighted by Crippen LogP contribution is -2.27. The molecule has 2 fully saturated rings. The summed E-state index contributed by atoms with van der Waals surface area (Å²) in [6.45, 7) is 0. The molecule has 0 aromatic carbocycles. The highest BCUT2D eigenvalue weighted by Crippen LogP contribution is 2.42. The molecule has 0 unspecified atom stereocenters. The second-order valence-electron chi connectivity index (χ2n) is 6.29. The van der Waals surface area contributed by atoms with Crippen LogP contribution in [-0.2, 0) is 0 Å². The molecule has 0 aliphatic heterocycles. The summed E-state index contributed by atoms with van der Waals surface area (Å²) in [6.07, 6.45) is 17.7. The molecule has 0 amide bonds. The van der Waals surface area contributed by atoms with E-state index in [0.29, 0.717) is 0 Å². The van der Waals surface area contributed by atoms with Gasteiger partial charge in [-0.2, -0.15) is 0 Å². The first-order valence-corrected chi connectivity index (χ1v) is 8.51. The van der Waals surface area contributed by atoms with E-state index in [1.54, 1.807) is 0 Å². The number of hydrogen-bond acceptors (Lipinski definition) is 0. The van der Waals surface area contributed by atoms with Gasteiger partial charge in [0, 0.05) is 5.88 Å². The molecular formula is C16H29Cl. The van der Waals surface area contributed by atoms with Gasteiger partial charge in [0.15, 0.2) is 0 Å². The Hall–Kier alpha value is 0.290. The van der Waals surface area contributed by atoms with Crippen molar-refractivity contribution in [3.8, 4) is 0 Å². The monoisotopic (exact) mass is 256 g/mol. The number of alkyl halides is 1. The van der Waals surface area contributed by atoms with Crippen LogP contribution in [0.15, 0.2) is 0 Å². The van der Waals surface area contributed by atoms with Crippen molar-refractivity contribution in [2.75, 3.05) is 5.88 Å². The molecule has 0 N–H and O–H groups in total. The smallest absolute Gasteiger partial charge is 0.0223 e. The number of halogens is 1. The van der Waals surface area contributed by atoms with Crippen LogP contribution < -0.4 is 0 Å². The molecular weight excluding hydrogens is 228 g/mol. The van der Waals surface area contributed by atoms with Crippen LogP contribution in [0.4, 0.5) is 0 Å². The average molecular weight is 257 g/mol. The molecule has 0 heterocycles. The van der Waals surface area contributed by atoms with Crippen molar-refractivity contribution in [3.63, 3.8) is 0 Å². The Morgan fingerprint density at radius 2 is 1.24 bits per heavy atom. The normalized spacial score (nSPS) is 24.4. The SMILES string of the molecule is ClCCCC(C1CCCCC1)C1CCCCC1. The minimum Gasteiger partial charge on any atom is -0.127 e. The van der Waals surface area contributed by atoms with E-state index in [-0.39, 0.29) is 0 Å². The van der Waals surface area contributed by atoms with Gasteiger partial charge in [0.1, 0.15) is 0 Å². The maximum Gasteiger partial charge on any atom is 0.0223 e. The lowest BCUT2D eigenvalue weighted by Gasteiger charge is -2.38. The van der Waals surface area contributed by atoms with Crippen molar-refractivity contribution in [2.45, 2.75) is 77.0 Å². The van der Waals surface area contributed by atoms with Gasteiger partial charge in [-0.25, -0.2) is 0 Å². The van der Waals surface area contributed by atoms with Crippen LogP contribution in [0.25, 0.3) is 0 Å². The third kappa shape index (κ3) is 4.16. The molecule has 0 nitrogen and oxygen atoms in total. The Morgan fingerprint density at radius 1 is 0.765 bits per heavy atom. The highest BCUT2D eigenvalue weighted by atomic mass is 35.5. The van der Waals surface area contributed by atoms with Gasteiger partial charge < -0.3 is 0 Å². The van der Waals surface area contributed by atoms with Crippen molar-refractivity contribution in [1.82, 2.24) is 0 Å². The van der Waals surface area contributed by atoms with Gasteiger partial charge in [-0.1, -0.05) is 64.2 Å². The molecule has 2 aliphatic carbocycles. The highest BCUT2D eigenvalue weighted by Gasteiger charge is 2.30. The zero-order chi connectivity index (χ0) is 11.9. The Labute approximate surface area is 113 Å². The van der Waals surface area contributed by atoms with Gasteiger partial charge in [-0.3, -0.25) is 0 Å². The van der Waals surface area contributed by atoms with E-state index in [0.717, 1.165) is 23.6 Å². The molecule has 17 heavy (non-hydrogen) atoms. The second-order valence-corrected chi connectivity index (χ2v) is 6.67. The second kappa shape index (κ2) is 7.67. The predicted molar refractivity (Wildman–Crippen MR) is 76.6 cm³/mol. The van der Waals surface area contributed by atoms with Gasteiger partial charge in [-0.05, 0) is 30.6 Å². The van der Waals surface area contributed by atoms with Crippen LogP contribution in [0, 0.1) is 17.8 Å². The Kier molecular flexibility index (Phi) is 6.18. The lowest BCUT2D eigenvalue weighted by molar-refractivity contribution is 0.134. The van der Waals surface area contributed by atoms with Gasteiger partial charge in [0.25, 0.3) is 0 Å². The largest absolute Gasteiger partial charge is 0.127 e. The van der Waals surface area contributed by atoms with E-state index in [4.69, 9.17) is 11.6 Å². The maximum atomic E-state index is 5.92. The van der Waals surface area contributed by atoms with Crippen molar-refractivity contribution in [1.29, 1.82) is 0 Å².